The van der Waals surface area contributed by atoms with E-state index in [2.05, 4.69) is 51.4 Å². The van der Waals surface area contributed by atoms with Crippen molar-refractivity contribution in [1.29, 1.82) is 0 Å². The molecule has 396 valence electrons. The number of benzene rings is 4. The Kier molecular flexibility index (Phi) is 14.8. The van der Waals surface area contributed by atoms with Crippen LogP contribution >= 0.6 is 39.1 Å². The summed E-state index contributed by atoms with van der Waals surface area (Å²) in [5.74, 6) is -4.74. The molecule has 0 bridgehead atoms. The number of carboxylic acid groups (broad SMARTS) is 2. The SMILES string of the molecule is Nc1ncnc2c1ncn2[C@H]1CC(O)[C@@H](COP(=O)([O-])OP(=O)([O-])OP(=O)([O-])OP(=O)([O-])Oc2ccc3nc4ccc(=O)c(C(=O)O)c-4oc3c2)O1.O=C(O)c1c2oc3cc(OP(=O)(O)O)ccc3nc-2ccc1=O. The van der Waals surface area contributed by atoms with Gasteiger partial charge in [-0.3, -0.25) is 42.2 Å². The fourth-order valence-corrected chi connectivity index (χ4v) is 11.9. The van der Waals surface area contributed by atoms with Gasteiger partial charge in [0.15, 0.2) is 56.1 Å². The summed E-state index contributed by atoms with van der Waals surface area (Å²) in [6, 6.07) is 11.1. The number of phosphoric acid groups is 5. The topological polar surface area (TPSA) is 533 Å². The van der Waals surface area contributed by atoms with E-state index >= 15 is 0 Å². The molecular weight excluding hydrogens is 1120 g/mol. The van der Waals surface area contributed by atoms with Gasteiger partial charge in [0.2, 0.25) is 0 Å². The molecule has 75 heavy (non-hydrogen) atoms. The summed E-state index contributed by atoms with van der Waals surface area (Å²) in [7, 11) is -30.0. The van der Waals surface area contributed by atoms with Gasteiger partial charge < -0.3 is 67.8 Å². The molecule has 5 aliphatic rings. The monoisotopic (exact) mass is 1140 g/mol. The molecule has 0 saturated carbocycles. The number of nitrogen functional groups attached to an aromatic ring is 1. The van der Waals surface area contributed by atoms with Crippen molar-refractivity contribution in [2.75, 3.05) is 12.3 Å². The lowest BCUT2D eigenvalue weighted by Crippen LogP contribution is -2.27. The van der Waals surface area contributed by atoms with Gasteiger partial charge in [-0.05, 0) is 48.5 Å². The number of carbonyl (C=O) groups is 2. The molecule has 39 heteroatoms. The van der Waals surface area contributed by atoms with E-state index in [1.165, 1.54) is 35.2 Å². The van der Waals surface area contributed by atoms with Crippen molar-refractivity contribution in [1.82, 2.24) is 29.5 Å². The highest BCUT2D eigenvalue weighted by Crippen LogP contribution is 2.66. The number of anilines is 1. The number of aromatic carboxylic acids is 2. The van der Waals surface area contributed by atoms with Gasteiger partial charge in [-0.2, -0.15) is 0 Å². The first kappa shape index (κ1) is 54.5. The second-order valence-electron chi connectivity index (χ2n) is 14.9. The van der Waals surface area contributed by atoms with Crippen LogP contribution in [0.2, 0.25) is 0 Å². The minimum Gasteiger partial charge on any atom is -0.756 e. The minimum absolute atomic E-state index is 0.00987. The Morgan fingerprint density at radius 3 is 1.73 bits per heavy atom. The number of carboxylic acids is 2. The molecule has 3 aliphatic heterocycles. The van der Waals surface area contributed by atoms with Crippen molar-refractivity contribution < 1.29 is 117 Å². The van der Waals surface area contributed by atoms with Crippen LogP contribution < -0.4 is 45.2 Å². The summed E-state index contributed by atoms with van der Waals surface area (Å²) in [5.41, 5.74) is 3.16. The standard InChI is InChI=1S/C23H22N6O19P4.C13H8NO8P/c24-21-19-22(26-8-25-21)29(9-27-19)17-6-14(31)16(43-17)7-42-49(34,35)46-51(38,39)48-52(40,41)47-50(36,37)45-10-1-2-11-15(5-10)44-20-12(28-11)3-4-13(30)18(20)23(32)33;15-9-4-3-8-12(11(9)13(16)17)21-10-5-6(22-23(18,19)20)1-2-7(10)14-8/h1-5,8-9,14,16-17,31H,6-7H2,(H,32,33)(H,34,35)(H,36,37)(H,38,39)(H,40,41)(H2,24,25,26);1-5H,(H,16,17)(H2,18,19,20)/p-4/t14?,16-,17-;/m1./s1. The third-order valence-electron chi connectivity index (χ3n) is 9.73. The number of phosphoric ester groups is 3. The van der Waals surface area contributed by atoms with E-state index in [1.807, 2.05) is 0 Å². The molecule has 7 atom stereocenters. The van der Waals surface area contributed by atoms with Crippen molar-refractivity contribution in [3.63, 3.8) is 0 Å². The number of aliphatic hydroxyl groups excluding tert-OH is 1. The Labute approximate surface area is 412 Å². The molecule has 9 rings (SSSR count). The number of aliphatic hydroxyl groups is 1. The maximum absolute atomic E-state index is 12.3. The van der Waals surface area contributed by atoms with Crippen LogP contribution in [0.4, 0.5) is 5.82 Å². The van der Waals surface area contributed by atoms with Crippen molar-refractivity contribution in [2.24, 2.45) is 0 Å². The van der Waals surface area contributed by atoms with Gasteiger partial charge in [0.1, 0.15) is 58.1 Å². The normalized spacial score (nSPS) is 19.2. The average molecular weight is 1140 g/mol. The Hall–Kier alpha value is -6.76. The molecule has 2 aromatic carbocycles. The maximum atomic E-state index is 12.3. The summed E-state index contributed by atoms with van der Waals surface area (Å²) < 4.78 is 102. The molecular formula is C36H26N7O27P5-4. The first-order chi connectivity index (χ1) is 35.0. The summed E-state index contributed by atoms with van der Waals surface area (Å²) in [6.07, 6.45) is -1.54. The molecule has 34 nitrogen and oxygen atoms in total. The highest BCUT2D eigenvalue weighted by molar-refractivity contribution is 7.68. The summed E-state index contributed by atoms with van der Waals surface area (Å²) in [4.78, 5) is 133. The van der Waals surface area contributed by atoms with E-state index < -0.39 is 110 Å². The number of fused-ring (bicyclic) bond motifs is 5. The molecule has 0 amide bonds. The van der Waals surface area contributed by atoms with E-state index in [-0.39, 0.29) is 63.0 Å². The minimum atomic E-state index is -6.57. The highest BCUT2D eigenvalue weighted by Gasteiger charge is 2.38. The lowest BCUT2D eigenvalue weighted by Gasteiger charge is -2.36. The first-order valence-corrected chi connectivity index (χ1v) is 27.3. The molecule has 0 spiro atoms. The second-order valence-corrected chi connectivity index (χ2v) is 22.0. The fourth-order valence-electron chi connectivity index (χ4n) is 6.81. The van der Waals surface area contributed by atoms with E-state index in [4.69, 9.17) is 34.2 Å². The van der Waals surface area contributed by atoms with E-state index in [0.29, 0.717) is 5.52 Å². The van der Waals surface area contributed by atoms with Crippen LogP contribution in [0.5, 0.6) is 11.5 Å². The third kappa shape index (κ3) is 12.7. The van der Waals surface area contributed by atoms with Gasteiger partial charge in [0.25, 0.3) is 23.5 Å². The quantitative estimate of drug-likeness (QED) is 0.0576. The van der Waals surface area contributed by atoms with Gasteiger partial charge >= 0.3 is 27.6 Å². The maximum Gasteiger partial charge on any atom is 0.524 e. The zero-order chi connectivity index (χ0) is 54.6. The molecule has 4 aromatic rings. The Bertz CT molecular complexity index is 3900. The number of nitrogens with zero attached hydrogens (tertiary/aromatic N) is 6. The average Bonchev–Trinajstić information content (AvgIpc) is 3.88. The van der Waals surface area contributed by atoms with Crippen molar-refractivity contribution >= 4 is 90.2 Å². The van der Waals surface area contributed by atoms with E-state index in [1.54, 1.807) is 0 Å². The van der Waals surface area contributed by atoms with Gasteiger partial charge in [0.05, 0.1) is 19.0 Å². The van der Waals surface area contributed by atoms with Crippen molar-refractivity contribution in [2.45, 2.75) is 24.9 Å². The predicted octanol–water partition coefficient (Wildman–Crippen LogP) is 0.843. The number of rotatable bonds is 16. The van der Waals surface area contributed by atoms with Crippen molar-refractivity contribution in [3.8, 4) is 34.4 Å². The Morgan fingerprint density at radius 2 is 1.21 bits per heavy atom. The van der Waals surface area contributed by atoms with Crippen LogP contribution in [0, 0.1) is 0 Å². The van der Waals surface area contributed by atoms with E-state index in [9.17, 15) is 71.8 Å². The second kappa shape index (κ2) is 20.4. The summed E-state index contributed by atoms with van der Waals surface area (Å²) in [6.45, 7) is -1.06. The summed E-state index contributed by atoms with van der Waals surface area (Å²) in [5, 5.41) is 28.8. The number of aromatic nitrogens is 6. The van der Waals surface area contributed by atoms with Crippen LogP contribution in [-0.2, 0) is 45.0 Å². The van der Waals surface area contributed by atoms with Gasteiger partial charge in [0, 0.05) is 18.6 Å². The first-order valence-electron chi connectivity index (χ1n) is 19.9. The Balaban J connectivity index is 0.000000270. The number of ether oxygens (including phenoxy) is 1. The van der Waals surface area contributed by atoms with Crippen LogP contribution in [0.1, 0.15) is 33.4 Å². The van der Waals surface area contributed by atoms with Crippen LogP contribution in [0.15, 0.2) is 91.7 Å². The van der Waals surface area contributed by atoms with Crippen LogP contribution in [0.3, 0.4) is 0 Å². The molecule has 0 radical (unpaired) electrons. The van der Waals surface area contributed by atoms with Crippen LogP contribution in [0.25, 0.3) is 56.3 Å². The molecule has 2 aromatic heterocycles. The number of hydrogen-bond acceptors (Lipinski definition) is 29. The highest BCUT2D eigenvalue weighted by atomic mass is 31.3. The van der Waals surface area contributed by atoms with E-state index in [0.717, 1.165) is 42.7 Å². The lowest BCUT2D eigenvalue weighted by atomic mass is 10.1. The summed E-state index contributed by atoms with van der Waals surface area (Å²) >= 11 is 0. The zero-order valence-electron chi connectivity index (χ0n) is 36.3. The molecule has 5 heterocycles. The number of hydrogen-bond donors (Lipinski definition) is 6. The third-order valence-corrected chi connectivity index (χ3v) is 15.9. The molecule has 1 fully saturated rings. The van der Waals surface area contributed by atoms with Gasteiger partial charge in [-0.1, -0.05) is 0 Å². The molecule has 1 saturated heterocycles. The van der Waals surface area contributed by atoms with Crippen molar-refractivity contribution in [3.05, 3.63) is 105 Å². The molecule has 5 unspecified atom stereocenters. The lowest BCUT2D eigenvalue weighted by molar-refractivity contribution is -0.253. The van der Waals surface area contributed by atoms with Crippen LogP contribution in [-0.4, -0.2) is 85.3 Å². The van der Waals surface area contributed by atoms with Gasteiger partial charge in [-0.25, -0.2) is 52.0 Å². The fraction of sp³-hybridized carbons (Fsp3) is 0.139. The molecule has 7 N–H and O–H groups in total. The van der Waals surface area contributed by atoms with Gasteiger partial charge in [-0.15, -0.1) is 0 Å². The Morgan fingerprint density at radius 1 is 0.707 bits per heavy atom. The predicted molar refractivity (Wildman–Crippen MR) is 235 cm³/mol. The zero-order valence-corrected chi connectivity index (χ0v) is 40.8. The molecule has 2 aliphatic carbocycles. The largest absolute Gasteiger partial charge is 0.756 e. The number of imidazole rings is 1. The smallest absolute Gasteiger partial charge is 0.524 e. The number of nitrogens with two attached hydrogens (primary N) is 1.